The molecule has 1 unspecified atom stereocenters. The third-order valence-corrected chi connectivity index (χ3v) is 7.85. The third kappa shape index (κ3) is 3.51. The van der Waals surface area contributed by atoms with E-state index in [-0.39, 0.29) is 10.7 Å². The maximum absolute atomic E-state index is 12.6. The molecular weight excluding hydrogens is 360 g/mol. The second-order valence-corrected chi connectivity index (χ2v) is 10.7. The molecule has 6 nitrogen and oxygen atoms in total. The van der Waals surface area contributed by atoms with E-state index < -0.39 is 15.3 Å². The second-order valence-electron chi connectivity index (χ2n) is 7.92. The molecule has 8 heteroatoms. The van der Waals surface area contributed by atoms with Crippen molar-refractivity contribution >= 4 is 27.4 Å². The Morgan fingerprint density at radius 1 is 1.24 bits per heavy atom. The van der Waals surface area contributed by atoms with Crippen LogP contribution in [0.3, 0.4) is 0 Å². The summed E-state index contributed by atoms with van der Waals surface area (Å²) in [4.78, 5) is 11.1. The first kappa shape index (κ1) is 18.9. The average molecular weight is 387 g/mol. The molecule has 1 atom stereocenters. The molecule has 2 heterocycles. The molecule has 0 aromatic carbocycles. The van der Waals surface area contributed by atoms with E-state index in [2.05, 4.69) is 28.7 Å². The Hall–Kier alpha value is -0.920. The van der Waals surface area contributed by atoms with Crippen molar-refractivity contribution in [3.63, 3.8) is 0 Å². The van der Waals surface area contributed by atoms with Gasteiger partial charge in [0, 0.05) is 38.2 Å². The van der Waals surface area contributed by atoms with Gasteiger partial charge in [0.05, 0.1) is 10.9 Å². The molecule has 0 spiro atoms. The Balaban J connectivity index is 1.98. The number of hydrogen-bond acceptors (Lipinski definition) is 5. The number of sulfonamides is 1. The van der Waals surface area contributed by atoms with Gasteiger partial charge in [-0.1, -0.05) is 13.8 Å². The summed E-state index contributed by atoms with van der Waals surface area (Å²) >= 11 is 6.23. The number of anilines is 1. The van der Waals surface area contributed by atoms with Crippen molar-refractivity contribution in [3.05, 3.63) is 16.5 Å². The number of hydrogen-bond donors (Lipinski definition) is 0. The second kappa shape index (κ2) is 6.67. The predicted molar refractivity (Wildman–Crippen MR) is 101 cm³/mol. The average Bonchev–Trinajstić information content (AvgIpc) is 2.54. The van der Waals surface area contributed by atoms with Crippen molar-refractivity contribution < 1.29 is 8.42 Å². The highest BCUT2D eigenvalue weighted by molar-refractivity contribution is 7.89. The van der Waals surface area contributed by atoms with Crippen LogP contribution in [-0.2, 0) is 21.9 Å². The first-order valence-corrected chi connectivity index (χ1v) is 10.7. The van der Waals surface area contributed by atoms with Gasteiger partial charge in [-0.15, -0.1) is 0 Å². The van der Waals surface area contributed by atoms with Gasteiger partial charge in [0.25, 0.3) is 0 Å². The van der Waals surface area contributed by atoms with Crippen LogP contribution in [-0.4, -0.2) is 55.1 Å². The number of piperidine rings is 1. The normalized spacial score (nSPS) is 23.6. The van der Waals surface area contributed by atoms with Crippen LogP contribution in [0, 0.1) is 0 Å². The molecule has 0 amide bonds. The molecule has 2 aliphatic rings. The van der Waals surface area contributed by atoms with E-state index in [1.165, 1.54) is 4.31 Å². The zero-order valence-electron chi connectivity index (χ0n) is 15.4. The Labute approximate surface area is 155 Å². The molecule has 0 radical (unpaired) electrons. The fourth-order valence-electron chi connectivity index (χ4n) is 3.99. The van der Waals surface area contributed by atoms with Crippen LogP contribution in [0.25, 0.3) is 0 Å². The molecule has 0 bridgehead atoms. The lowest BCUT2D eigenvalue weighted by atomic mass is 9.76. The number of rotatable bonds is 3. The van der Waals surface area contributed by atoms with E-state index in [0.717, 1.165) is 49.3 Å². The molecule has 0 N–H and O–H groups in total. The van der Waals surface area contributed by atoms with Gasteiger partial charge >= 0.3 is 0 Å². The molecule has 140 valence electrons. The van der Waals surface area contributed by atoms with Crippen molar-refractivity contribution in [1.29, 1.82) is 0 Å². The van der Waals surface area contributed by atoms with Crippen molar-refractivity contribution in [2.75, 3.05) is 32.1 Å². The third-order valence-electron chi connectivity index (χ3n) is 5.44. The largest absolute Gasteiger partial charge is 0.355 e. The van der Waals surface area contributed by atoms with Gasteiger partial charge in [-0.25, -0.2) is 22.7 Å². The highest BCUT2D eigenvalue weighted by Gasteiger charge is 2.36. The summed E-state index contributed by atoms with van der Waals surface area (Å²) in [6.07, 6.45) is 4.60. The molecule has 1 aliphatic carbocycles. The summed E-state index contributed by atoms with van der Waals surface area (Å²) in [5.74, 6) is 0.835. The van der Waals surface area contributed by atoms with Gasteiger partial charge in [-0.3, -0.25) is 0 Å². The summed E-state index contributed by atoms with van der Waals surface area (Å²) in [5, 5.41) is -0.154. The number of fused-ring (bicyclic) bond motifs is 1. The topological polar surface area (TPSA) is 66.4 Å². The minimum atomic E-state index is -3.28. The van der Waals surface area contributed by atoms with Gasteiger partial charge in [-0.05, 0) is 43.7 Å². The Morgan fingerprint density at radius 3 is 2.64 bits per heavy atom. The van der Waals surface area contributed by atoms with Gasteiger partial charge < -0.3 is 4.90 Å². The molecule has 0 saturated carbocycles. The van der Waals surface area contributed by atoms with Crippen LogP contribution in [0.1, 0.15) is 50.8 Å². The quantitative estimate of drug-likeness (QED) is 0.747. The minimum Gasteiger partial charge on any atom is -0.355 e. The van der Waals surface area contributed by atoms with Crippen LogP contribution < -0.4 is 4.90 Å². The molecule has 1 saturated heterocycles. The molecule has 1 aliphatic heterocycles. The molecular formula is C17H27ClN4O2S. The zero-order valence-corrected chi connectivity index (χ0v) is 17.0. The lowest BCUT2D eigenvalue weighted by molar-refractivity contribution is 0.415. The van der Waals surface area contributed by atoms with Crippen LogP contribution in [0.5, 0.6) is 0 Å². The molecule has 25 heavy (non-hydrogen) atoms. The minimum absolute atomic E-state index is 0.0280. The highest BCUT2D eigenvalue weighted by Crippen LogP contribution is 2.40. The first-order valence-electron chi connectivity index (χ1n) is 8.86. The number of aromatic nitrogens is 2. The standard InChI is InChI=1S/C17H27ClN4O2S/c1-17(2)9-5-8-13-14(17)19-16(18)20-15(13)22-10-6-7-12(11-22)25(23,24)21(3)4/h12H,5-11H2,1-4H3. The van der Waals surface area contributed by atoms with Gasteiger partial charge in [0.2, 0.25) is 15.3 Å². The molecule has 3 rings (SSSR count). The maximum atomic E-state index is 12.6. The SMILES string of the molecule is CN(C)S(=O)(=O)C1CCCN(c2nc(Cl)nc3c2CCCC3(C)C)C1. The summed E-state index contributed by atoms with van der Waals surface area (Å²) < 4.78 is 26.4. The summed E-state index contributed by atoms with van der Waals surface area (Å²) in [6.45, 7) is 5.64. The maximum Gasteiger partial charge on any atom is 0.224 e. The van der Waals surface area contributed by atoms with E-state index in [0.29, 0.717) is 13.0 Å². The molecule has 1 aromatic rings. The summed E-state index contributed by atoms with van der Waals surface area (Å²) in [7, 11) is -0.0849. The van der Waals surface area contributed by atoms with E-state index in [1.54, 1.807) is 14.1 Å². The summed E-state index contributed by atoms with van der Waals surface area (Å²) in [5.41, 5.74) is 2.13. The first-order chi connectivity index (χ1) is 11.6. The smallest absolute Gasteiger partial charge is 0.224 e. The molecule has 1 aromatic heterocycles. The zero-order chi connectivity index (χ0) is 18.4. The lowest BCUT2D eigenvalue weighted by Crippen LogP contribution is -2.47. The van der Waals surface area contributed by atoms with Crippen molar-refractivity contribution in [2.24, 2.45) is 0 Å². The fraction of sp³-hybridized carbons (Fsp3) is 0.765. The van der Waals surface area contributed by atoms with Crippen LogP contribution in [0.15, 0.2) is 0 Å². The predicted octanol–water partition coefficient (Wildman–Crippen LogP) is 2.60. The number of nitrogens with zero attached hydrogens (tertiary/aromatic N) is 4. The molecule has 1 fully saturated rings. The van der Waals surface area contributed by atoms with Crippen LogP contribution >= 0.6 is 11.6 Å². The van der Waals surface area contributed by atoms with Gasteiger partial charge in [0.1, 0.15) is 5.82 Å². The van der Waals surface area contributed by atoms with E-state index in [9.17, 15) is 8.42 Å². The van der Waals surface area contributed by atoms with Crippen molar-refractivity contribution in [3.8, 4) is 0 Å². The van der Waals surface area contributed by atoms with Crippen molar-refractivity contribution in [1.82, 2.24) is 14.3 Å². The van der Waals surface area contributed by atoms with Gasteiger partial charge in [0.15, 0.2) is 0 Å². The van der Waals surface area contributed by atoms with Crippen LogP contribution in [0.2, 0.25) is 5.28 Å². The van der Waals surface area contributed by atoms with E-state index in [4.69, 9.17) is 11.6 Å². The highest BCUT2D eigenvalue weighted by atomic mass is 35.5. The van der Waals surface area contributed by atoms with E-state index in [1.807, 2.05) is 0 Å². The Kier molecular flexibility index (Phi) is 5.03. The van der Waals surface area contributed by atoms with Gasteiger partial charge in [-0.2, -0.15) is 0 Å². The Bertz CT molecular complexity index is 764. The number of halogens is 1. The Morgan fingerprint density at radius 2 is 1.96 bits per heavy atom. The van der Waals surface area contributed by atoms with E-state index >= 15 is 0 Å². The van der Waals surface area contributed by atoms with Crippen LogP contribution in [0.4, 0.5) is 5.82 Å². The fourth-order valence-corrected chi connectivity index (χ4v) is 5.59. The monoisotopic (exact) mass is 386 g/mol. The lowest BCUT2D eigenvalue weighted by Gasteiger charge is -2.38. The van der Waals surface area contributed by atoms with Crippen molar-refractivity contribution in [2.45, 2.75) is 56.6 Å². The summed E-state index contributed by atoms with van der Waals surface area (Å²) in [6, 6.07) is 0.